The normalized spacial score (nSPS) is 11.8. The first-order valence-electron chi connectivity index (χ1n) is 12.6. The number of hydrogen-bond acceptors (Lipinski definition) is 4. The van der Waals surface area contributed by atoms with E-state index in [2.05, 4.69) is 56.9 Å². The number of benzene rings is 4. The molecule has 0 unspecified atom stereocenters. The van der Waals surface area contributed by atoms with Gasteiger partial charge in [-0.1, -0.05) is 101 Å². The molecule has 6 heteroatoms. The number of aromatic nitrogens is 3. The number of para-hydroxylation sites is 1. The van der Waals surface area contributed by atoms with Crippen LogP contribution in [0, 0.1) is 6.92 Å². The molecule has 0 bridgehead atoms. The average Bonchev–Trinajstić information content (AvgIpc) is 3.28. The van der Waals surface area contributed by atoms with Gasteiger partial charge in [-0.3, -0.25) is 0 Å². The lowest BCUT2D eigenvalue weighted by molar-refractivity contribution is 0.440. The summed E-state index contributed by atoms with van der Waals surface area (Å²) in [6.45, 7) is 12.4. The molecule has 0 aliphatic rings. The number of aryl methyl sites for hydroxylation is 1. The number of nitrogens with zero attached hydrogens (tertiary/aromatic N) is 3. The fraction of sp³-hybridized carbons (Fsp3) is 0.250. The quantitative estimate of drug-likeness (QED) is 0.248. The maximum absolute atomic E-state index is 10.7. The fourth-order valence-corrected chi connectivity index (χ4v) is 4.66. The maximum Gasteiger partial charge on any atom is 0.146 e. The van der Waals surface area contributed by atoms with E-state index in [0.29, 0.717) is 22.0 Å². The van der Waals surface area contributed by atoms with Crippen LogP contribution in [0.5, 0.6) is 11.5 Å². The SMILES string of the molecule is CC(C)(c1ccccc1)c1ccccc1O.Cc1cc(-n2nc3ccc(Cl)cc3n2)c(O)c(C(C)(C)C)c1. The molecule has 0 spiro atoms. The topological polar surface area (TPSA) is 71.2 Å². The molecule has 5 nitrogen and oxygen atoms in total. The van der Waals surface area contributed by atoms with Crippen molar-refractivity contribution in [1.29, 1.82) is 0 Å². The van der Waals surface area contributed by atoms with E-state index in [0.717, 1.165) is 22.2 Å². The van der Waals surface area contributed by atoms with Crippen LogP contribution in [-0.2, 0) is 10.8 Å². The van der Waals surface area contributed by atoms with E-state index in [1.54, 1.807) is 18.2 Å². The molecule has 196 valence electrons. The van der Waals surface area contributed by atoms with Gasteiger partial charge in [-0.05, 0) is 53.8 Å². The lowest BCUT2D eigenvalue weighted by atomic mass is 9.78. The second kappa shape index (κ2) is 10.5. The Morgan fingerprint density at radius 3 is 2.00 bits per heavy atom. The van der Waals surface area contributed by atoms with Crippen molar-refractivity contribution in [1.82, 2.24) is 15.0 Å². The molecular weight excluding hydrogens is 494 g/mol. The highest BCUT2D eigenvalue weighted by atomic mass is 35.5. The molecule has 38 heavy (non-hydrogen) atoms. The van der Waals surface area contributed by atoms with E-state index in [1.165, 1.54) is 10.4 Å². The first-order chi connectivity index (χ1) is 17.9. The monoisotopic (exact) mass is 527 g/mol. The number of halogens is 1. The largest absolute Gasteiger partial charge is 0.508 e. The van der Waals surface area contributed by atoms with Crippen LogP contribution < -0.4 is 0 Å². The van der Waals surface area contributed by atoms with Crippen LogP contribution in [0.15, 0.2) is 84.9 Å². The minimum absolute atomic E-state index is 0.166. The van der Waals surface area contributed by atoms with Crippen LogP contribution in [-0.4, -0.2) is 25.2 Å². The van der Waals surface area contributed by atoms with Crippen molar-refractivity contribution in [2.45, 2.75) is 52.4 Å². The molecule has 0 atom stereocenters. The smallest absolute Gasteiger partial charge is 0.146 e. The summed E-state index contributed by atoms with van der Waals surface area (Å²) in [6, 6.07) is 27.0. The second-order valence-electron chi connectivity index (χ2n) is 11.1. The number of hydrogen-bond donors (Lipinski definition) is 2. The van der Waals surface area contributed by atoms with Crippen molar-refractivity contribution in [2.75, 3.05) is 0 Å². The molecule has 1 heterocycles. The summed E-state index contributed by atoms with van der Waals surface area (Å²) >= 11 is 5.99. The second-order valence-corrected chi connectivity index (χ2v) is 11.5. The number of rotatable bonds is 3. The van der Waals surface area contributed by atoms with Gasteiger partial charge in [-0.2, -0.15) is 0 Å². The molecule has 0 aliphatic heterocycles. The van der Waals surface area contributed by atoms with Crippen molar-refractivity contribution in [3.05, 3.63) is 112 Å². The van der Waals surface area contributed by atoms with Crippen molar-refractivity contribution < 1.29 is 10.2 Å². The minimum atomic E-state index is -0.174. The zero-order valence-electron chi connectivity index (χ0n) is 22.7. The van der Waals surface area contributed by atoms with Gasteiger partial charge in [0.05, 0.1) is 0 Å². The molecule has 0 radical (unpaired) electrons. The van der Waals surface area contributed by atoms with E-state index in [1.807, 2.05) is 61.5 Å². The number of phenolic OH excluding ortho intramolecular Hbond substituents is 2. The fourth-order valence-electron chi connectivity index (χ4n) is 4.49. The Labute approximate surface area is 229 Å². The Bertz CT molecular complexity index is 1570. The van der Waals surface area contributed by atoms with Gasteiger partial charge in [0.15, 0.2) is 0 Å². The van der Waals surface area contributed by atoms with Crippen molar-refractivity contribution in [3.63, 3.8) is 0 Å². The predicted molar refractivity (Wildman–Crippen MR) is 156 cm³/mol. The molecule has 5 aromatic rings. The summed E-state index contributed by atoms with van der Waals surface area (Å²) in [7, 11) is 0. The van der Waals surface area contributed by atoms with Gasteiger partial charge >= 0.3 is 0 Å². The van der Waals surface area contributed by atoms with Gasteiger partial charge in [-0.25, -0.2) is 0 Å². The summed E-state index contributed by atoms with van der Waals surface area (Å²) < 4.78 is 0. The van der Waals surface area contributed by atoms with Gasteiger partial charge in [0, 0.05) is 21.6 Å². The van der Waals surface area contributed by atoms with Crippen LogP contribution >= 0.6 is 11.6 Å². The molecule has 0 saturated carbocycles. The van der Waals surface area contributed by atoms with E-state index in [9.17, 15) is 10.2 Å². The zero-order valence-corrected chi connectivity index (χ0v) is 23.5. The first kappa shape index (κ1) is 27.2. The van der Waals surface area contributed by atoms with Crippen LogP contribution in [0.3, 0.4) is 0 Å². The van der Waals surface area contributed by atoms with Gasteiger partial charge in [0.25, 0.3) is 0 Å². The molecule has 1 aromatic heterocycles. The van der Waals surface area contributed by atoms with Gasteiger partial charge in [0.1, 0.15) is 28.2 Å². The molecule has 5 rings (SSSR count). The third kappa shape index (κ3) is 5.68. The van der Waals surface area contributed by atoms with Gasteiger partial charge in [0.2, 0.25) is 0 Å². The summed E-state index contributed by atoms with van der Waals surface area (Å²) in [5, 5.41) is 30.0. The summed E-state index contributed by atoms with van der Waals surface area (Å²) in [4.78, 5) is 1.47. The van der Waals surface area contributed by atoms with Crippen LogP contribution in [0.25, 0.3) is 16.7 Å². The lowest BCUT2D eigenvalue weighted by Gasteiger charge is -2.26. The van der Waals surface area contributed by atoms with E-state index in [-0.39, 0.29) is 16.6 Å². The van der Waals surface area contributed by atoms with Gasteiger partial charge in [-0.15, -0.1) is 15.0 Å². The highest BCUT2D eigenvalue weighted by Crippen LogP contribution is 2.37. The Morgan fingerprint density at radius 1 is 0.711 bits per heavy atom. The Kier molecular flexibility index (Phi) is 7.52. The zero-order chi connectivity index (χ0) is 27.7. The number of phenols is 2. The van der Waals surface area contributed by atoms with E-state index in [4.69, 9.17) is 11.6 Å². The lowest BCUT2D eigenvalue weighted by Crippen LogP contribution is -2.18. The molecule has 0 amide bonds. The number of fused-ring (bicyclic) bond motifs is 1. The van der Waals surface area contributed by atoms with Crippen LogP contribution in [0.1, 0.15) is 56.9 Å². The number of aromatic hydroxyl groups is 2. The van der Waals surface area contributed by atoms with Crippen molar-refractivity contribution in [3.8, 4) is 17.2 Å². The third-order valence-electron chi connectivity index (χ3n) is 6.67. The predicted octanol–water partition coefficient (Wildman–Crippen LogP) is 8.10. The minimum Gasteiger partial charge on any atom is -0.508 e. The molecule has 0 aliphatic carbocycles. The van der Waals surface area contributed by atoms with Crippen LogP contribution in [0.4, 0.5) is 0 Å². The summed E-state index contributed by atoms with van der Waals surface area (Å²) in [5.41, 5.74) is 5.77. The molecular formula is C32H34ClN3O2. The van der Waals surface area contributed by atoms with E-state index >= 15 is 0 Å². The highest BCUT2D eigenvalue weighted by Gasteiger charge is 2.25. The Hall–Kier alpha value is -3.83. The Balaban J connectivity index is 0.000000186. The van der Waals surface area contributed by atoms with Crippen molar-refractivity contribution >= 4 is 22.6 Å². The average molecular weight is 528 g/mol. The van der Waals surface area contributed by atoms with E-state index < -0.39 is 0 Å². The molecule has 2 N–H and O–H groups in total. The van der Waals surface area contributed by atoms with Crippen molar-refractivity contribution in [2.24, 2.45) is 0 Å². The standard InChI is InChI=1S/C17H18ClN3O.C15H16O/c1-10-7-12(17(2,3)4)16(22)15(8-10)21-19-13-6-5-11(18)9-14(13)20-21;1-15(2,12-8-4-3-5-9-12)13-10-6-7-11-14(13)16/h5-9,22H,1-4H3;3-11,16H,1-2H3. The van der Waals surface area contributed by atoms with Crippen LogP contribution in [0.2, 0.25) is 5.02 Å². The summed E-state index contributed by atoms with van der Waals surface area (Å²) in [5.74, 6) is 0.570. The molecule has 0 saturated heterocycles. The highest BCUT2D eigenvalue weighted by molar-refractivity contribution is 6.31. The molecule has 0 fully saturated rings. The summed E-state index contributed by atoms with van der Waals surface area (Å²) in [6.07, 6.45) is 0. The van der Waals surface area contributed by atoms with Gasteiger partial charge < -0.3 is 10.2 Å². The Morgan fingerprint density at radius 2 is 1.34 bits per heavy atom. The molecule has 4 aromatic carbocycles. The maximum atomic E-state index is 10.7. The third-order valence-corrected chi connectivity index (χ3v) is 6.91. The first-order valence-corrected chi connectivity index (χ1v) is 13.0.